The van der Waals surface area contributed by atoms with Crippen LogP contribution >= 0.6 is 27.7 Å². The van der Waals surface area contributed by atoms with Gasteiger partial charge < -0.3 is 4.74 Å². The number of carbonyl (C=O) groups excluding carboxylic acids is 1. The summed E-state index contributed by atoms with van der Waals surface area (Å²) < 4.78 is 6.22. The fourth-order valence-electron chi connectivity index (χ4n) is 1.09. The van der Waals surface area contributed by atoms with Gasteiger partial charge in [-0.3, -0.25) is 4.79 Å². The number of ether oxygens (including phenoxy) is 1. The first-order valence-electron chi connectivity index (χ1n) is 5.20. The van der Waals surface area contributed by atoms with Crippen molar-refractivity contribution in [3.8, 4) is 0 Å². The number of thioether (sulfide) groups is 1. The molecule has 0 heterocycles. The maximum atomic E-state index is 11.4. The Labute approximate surface area is 109 Å². The number of halogens is 1. The van der Waals surface area contributed by atoms with Gasteiger partial charge in [0, 0.05) is 16.0 Å². The molecule has 0 unspecified atom stereocenters. The highest BCUT2D eigenvalue weighted by Gasteiger charge is 2.05. The van der Waals surface area contributed by atoms with E-state index in [2.05, 4.69) is 15.9 Å². The number of Topliss-reactive ketones (excluding diaryl/α,β-unsaturated/α-hetero) is 1. The fourth-order valence-corrected chi connectivity index (χ4v) is 2.50. The van der Waals surface area contributed by atoms with Crippen molar-refractivity contribution in [1.82, 2.24) is 0 Å². The third-order valence-electron chi connectivity index (χ3n) is 1.84. The molecule has 0 saturated carbocycles. The standard InChI is InChI=1S/C12H15BrO2S/c1-2-7-15-8-10(14)9-16-12-6-4-3-5-11(12)13/h3-6H,2,7-9H2,1H3. The maximum absolute atomic E-state index is 11.4. The van der Waals surface area contributed by atoms with Crippen LogP contribution in [0.25, 0.3) is 0 Å². The Morgan fingerprint density at radius 3 is 2.88 bits per heavy atom. The number of rotatable bonds is 7. The van der Waals surface area contributed by atoms with Gasteiger partial charge in [-0.05, 0) is 34.5 Å². The number of hydrogen-bond donors (Lipinski definition) is 0. The van der Waals surface area contributed by atoms with E-state index in [9.17, 15) is 4.79 Å². The van der Waals surface area contributed by atoms with Gasteiger partial charge in [-0.15, -0.1) is 11.8 Å². The zero-order valence-electron chi connectivity index (χ0n) is 9.24. The van der Waals surface area contributed by atoms with Gasteiger partial charge in [0.05, 0.1) is 5.75 Å². The first kappa shape index (κ1) is 13.7. The molecule has 0 radical (unpaired) electrons. The normalized spacial score (nSPS) is 10.4. The molecule has 0 amide bonds. The third-order valence-corrected chi connectivity index (χ3v) is 3.92. The highest BCUT2D eigenvalue weighted by atomic mass is 79.9. The molecule has 0 atom stereocenters. The van der Waals surface area contributed by atoms with E-state index in [0.717, 1.165) is 15.8 Å². The van der Waals surface area contributed by atoms with E-state index in [1.807, 2.05) is 31.2 Å². The number of carbonyl (C=O) groups is 1. The summed E-state index contributed by atoms with van der Waals surface area (Å²) in [6.45, 7) is 2.91. The van der Waals surface area contributed by atoms with E-state index in [4.69, 9.17) is 4.74 Å². The quantitative estimate of drug-likeness (QED) is 0.569. The van der Waals surface area contributed by atoms with Crippen LogP contribution in [-0.4, -0.2) is 24.7 Å². The largest absolute Gasteiger partial charge is 0.374 e. The van der Waals surface area contributed by atoms with Crippen molar-refractivity contribution in [2.45, 2.75) is 18.2 Å². The smallest absolute Gasteiger partial charge is 0.168 e. The SMILES string of the molecule is CCCOCC(=O)CSc1ccccc1Br. The van der Waals surface area contributed by atoms with E-state index < -0.39 is 0 Å². The Bertz CT molecular complexity index is 342. The second kappa shape index (κ2) is 7.87. The van der Waals surface area contributed by atoms with Crippen LogP contribution < -0.4 is 0 Å². The van der Waals surface area contributed by atoms with E-state index in [1.54, 1.807) is 0 Å². The highest BCUT2D eigenvalue weighted by Crippen LogP contribution is 2.26. The summed E-state index contributed by atoms with van der Waals surface area (Å²) in [7, 11) is 0. The number of benzene rings is 1. The van der Waals surface area contributed by atoms with Gasteiger partial charge in [0.2, 0.25) is 0 Å². The van der Waals surface area contributed by atoms with Crippen LogP contribution in [0, 0.1) is 0 Å². The summed E-state index contributed by atoms with van der Waals surface area (Å²) in [5.41, 5.74) is 0. The van der Waals surface area contributed by atoms with Gasteiger partial charge in [0.15, 0.2) is 5.78 Å². The van der Waals surface area contributed by atoms with Crippen LogP contribution in [0.1, 0.15) is 13.3 Å². The molecule has 88 valence electrons. The zero-order chi connectivity index (χ0) is 11.8. The summed E-state index contributed by atoms with van der Waals surface area (Å²) in [4.78, 5) is 12.5. The maximum Gasteiger partial charge on any atom is 0.168 e. The highest BCUT2D eigenvalue weighted by molar-refractivity contribution is 9.10. The molecule has 0 saturated heterocycles. The molecule has 1 rings (SSSR count). The van der Waals surface area contributed by atoms with Gasteiger partial charge >= 0.3 is 0 Å². The predicted octanol–water partition coefficient (Wildman–Crippen LogP) is 3.54. The molecule has 0 fully saturated rings. The Hall–Kier alpha value is -0.320. The van der Waals surface area contributed by atoms with Crippen molar-refractivity contribution < 1.29 is 9.53 Å². The first-order chi connectivity index (χ1) is 7.74. The van der Waals surface area contributed by atoms with E-state index in [0.29, 0.717) is 12.4 Å². The third kappa shape index (κ3) is 5.14. The molecule has 1 aromatic carbocycles. The van der Waals surface area contributed by atoms with Crippen molar-refractivity contribution in [1.29, 1.82) is 0 Å². The Morgan fingerprint density at radius 2 is 2.19 bits per heavy atom. The molecule has 0 bridgehead atoms. The minimum Gasteiger partial charge on any atom is -0.374 e. The van der Waals surface area contributed by atoms with Crippen LogP contribution in [-0.2, 0) is 9.53 Å². The first-order valence-corrected chi connectivity index (χ1v) is 6.98. The lowest BCUT2D eigenvalue weighted by molar-refractivity contribution is -0.121. The number of ketones is 1. The molecule has 0 aromatic heterocycles. The summed E-state index contributed by atoms with van der Waals surface area (Å²) in [5.74, 6) is 0.598. The fraction of sp³-hybridized carbons (Fsp3) is 0.417. The monoisotopic (exact) mass is 302 g/mol. The van der Waals surface area contributed by atoms with E-state index in [-0.39, 0.29) is 12.4 Å². The molecule has 0 aliphatic rings. The van der Waals surface area contributed by atoms with Crippen molar-refractivity contribution in [3.05, 3.63) is 28.7 Å². The summed E-state index contributed by atoms with van der Waals surface area (Å²) in [6, 6.07) is 7.89. The molecule has 0 N–H and O–H groups in total. The van der Waals surface area contributed by atoms with Crippen molar-refractivity contribution in [2.24, 2.45) is 0 Å². The van der Waals surface area contributed by atoms with Crippen molar-refractivity contribution >= 4 is 33.5 Å². The zero-order valence-corrected chi connectivity index (χ0v) is 11.6. The Morgan fingerprint density at radius 1 is 1.44 bits per heavy atom. The van der Waals surface area contributed by atoms with Crippen molar-refractivity contribution in [2.75, 3.05) is 19.0 Å². The lowest BCUT2D eigenvalue weighted by atomic mass is 10.4. The Kier molecular flexibility index (Phi) is 6.76. The van der Waals surface area contributed by atoms with Gasteiger partial charge in [-0.2, -0.15) is 0 Å². The molecule has 0 spiro atoms. The lowest BCUT2D eigenvalue weighted by Crippen LogP contribution is -2.11. The van der Waals surface area contributed by atoms with Crippen LogP contribution in [0.3, 0.4) is 0 Å². The van der Waals surface area contributed by atoms with Crippen LogP contribution in [0.4, 0.5) is 0 Å². The summed E-state index contributed by atoms with van der Waals surface area (Å²) >= 11 is 4.98. The molecule has 16 heavy (non-hydrogen) atoms. The average Bonchev–Trinajstić information content (AvgIpc) is 2.28. The molecule has 1 aromatic rings. The molecule has 2 nitrogen and oxygen atoms in total. The van der Waals surface area contributed by atoms with Gasteiger partial charge in [-0.1, -0.05) is 19.1 Å². The predicted molar refractivity (Wildman–Crippen MR) is 71.0 cm³/mol. The van der Waals surface area contributed by atoms with E-state index in [1.165, 1.54) is 11.8 Å². The topological polar surface area (TPSA) is 26.3 Å². The summed E-state index contributed by atoms with van der Waals surface area (Å²) in [5, 5.41) is 0. The molecular formula is C12H15BrO2S. The second-order valence-corrected chi connectivity index (χ2v) is 5.18. The Balaban J connectivity index is 2.29. The average molecular weight is 303 g/mol. The van der Waals surface area contributed by atoms with Crippen LogP contribution in [0.2, 0.25) is 0 Å². The van der Waals surface area contributed by atoms with Crippen LogP contribution in [0.15, 0.2) is 33.6 Å². The molecule has 0 aliphatic carbocycles. The second-order valence-electron chi connectivity index (χ2n) is 3.31. The van der Waals surface area contributed by atoms with Gasteiger partial charge in [0.25, 0.3) is 0 Å². The minimum atomic E-state index is 0.134. The lowest BCUT2D eigenvalue weighted by Gasteiger charge is -2.04. The molecular weight excluding hydrogens is 288 g/mol. The molecule has 0 aliphatic heterocycles. The van der Waals surface area contributed by atoms with Gasteiger partial charge in [-0.25, -0.2) is 0 Å². The molecule has 4 heteroatoms. The van der Waals surface area contributed by atoms with Gasteiger partial charge in [0.1, 0.15) is 6.61 Å². The summed E-state index contributed by atoms with van der Waals surface area (Å²) in [6.07, 6.45) is 0.949. The van der Waals surface area contributed by atoms with Crippen molar-refractivity contribution in [3.63, 3.8) is 0 Å². The van der Waals surface area contributed by atoms with Crippen LogP contribution in [0.5, 0.6) is 0 Å². The minimum absolute atomic E-state index is 0.134. The number of hydrogen-bond acceptors (Lipinski definition) is 3. The van der Waals surface area contributed by atoms with E-state index >= 15 is 0 Å².